The number of carbonyl (C=O) groups is 1. The van der Waals surface area contributed by atoms with Crippen LogP contribution in [-0.2, 0) is 14.4 Å². The lowest BCUT2D eigenvalue weighted by Gasteiger charge is -2.11. The molecule has 1 fully saturated rings. The predicted octanol–water partition coefficient (Wildman–Crippen LogP) is 0.248. The van der Waals surface area contributed by atoms with Gasteiger partial charge in [0.2, 0.25) is 0 Å². The van der Waals surface area contributed by atoms with Gasteiger partial charge in [0.25, 0.3) is 0 Å². The Kier molecular flexibility index (Phi) is 2.75. The van der Waals surface area contributed by atoms with Crippen LogP contribution in [0.1, 0.15) is 19.8 Å². The Labute approximate surface area is 76.9 Å². The highest BCUT2D eigenvalue weighted by atomic mass is 16.6. The van der Waals surface area contributed by atoms with E-state index >= 15 is 0 Å². The fourth-order valence-electron chi connectivity index (χ4n) is 1.14. The first kappa shape index (κ1) is 9.83. The molecule has 0 aliphatic heterocycles. The van der Waals surface area contributed by atoms with E-state index < -0.39 is 5.41 Å². The minimum absolute atomic E-state index is 0.216. The Morgan fingerprint density at radius 2 is 2.23 bits per heavy atom. The molecule has 0 atom stereocenters. The molecule has 74 valence electrons. The molecule has 0 aromatic heterocycles. The molecule has 1 saturated carbocycles. The molecule has 0 unspecified atom stereocenters. The largest absolute Gasteiger partial charge is 0.465 e. The van der Waals surface area contributed by atoms with E-state index in [2.05, 4.69) is 9.99 Å². The van der Waals surface area contributed by atoms with Gasteiger partial charge in [-0.15, -0.1) is 0 Å². The number of hydrogen-bond acceptors (Lipinski definition) is 4. The van der Waals surface area contributed by atoms with Crippen molar-refractivity contribution < 1.29 is 14.4 Å². The standard InChI is InChI=1S/C8H14N2O3/c1-3-13-7(11)8(4-5-8)6(9)10-12-2/h3-5H2,1-2H3,(H2,9,10). The van der Waals surface area contributed by atoms with Crippen LogP contribution >= 0.6 is 0 Å². The van der Waals surface area contributed by atoms with Crippen LogP contribution in [0, 0.1) is 5.41 Å². The summed E-state index contributed by atoms with van der Waals surface area (Å²) in [7, 11) is 1.40. The first-order valence-electron chi connectivity index (χ1n) is 4.21. The smallest absolute Gasteiger partial charge is 0.319 e. The quantitative estimate of drug-likeness (QED) is 0.295. The van der Waals surface area contributed by atoms with Gasteiger partial charge in [-0.25, -0.2) is 0 Å². The molecule has 2 N–H and O–H groups in total. The van der Waals surface area contributed by atoms with Gasteiger partial charge in [0, 0.05) is 0 Å². The van der Waals surface area contributed by atoms with Crippen molar-refractivity contribution >= 4 is 11.8 Å². The van der Waals surface area contributed by atoms with Gasteiger partial charge in [-0.05, 0) is 19.8 Å². The van der Waals surface area contributed by atoms with Crippen LogP contribution in [0.2, 0.25) is 0 Å². The Balaban J connectivity index is 2.66. The molecule has 0 heterocycles. The van der Waals surface area contributed by atoms with Gasteiger partial charge in [0.15, 0.2) is 5.84 Å². The molecule has 0 saturated heterocycles. The molecule has 0 aromatic carbocycles. The summed E-state index contributed by atoms with van der Waals surface area (Å²) in [6.45, 7) is 2.12. The fourth-order valence-corrected chi connectivity index (χ4v) is 1.14. The Morgan fingerprint density at radius 1 is 1.62 bits per heavy atom. The van der Waals surface area contributed by atoms with Gasteiger partial charge < -0.3 is 15.3 Å². The summed E-state index contributed by atoms with van der Waals surface area (Å²) in [6.07, 6.45) is 1.40. The Morgan fingerprint density at radius 3 is 2.62 bits per heavy atom. The van der Waals surface area contributed by atoms with Gasteiger partial charge in [-0.1, -0.05) is 5.16 Å². The Hall–Kier alpha value is -1.26. The first-order chi connectivity index (χ1) is 6.17. The highest BCUT2D eigenvalue weighted by Crippen LogP contribution is 2.46. The number of hydrogen-bond donors (Lipinski definition) is 1. The molecular formula is C8H14N2O3. The van der Waals surface area contributed by atoms with Gasteiger partial charge in [-0.2, -0.15) is 0 Å². The van der Waals surface area contributed by atoms with E-state index in [9.17, 15) is 4.79 Å². The van der Waals surface area contributed by atoms with Crippen molar-refractivity contribution in [2.45, 2.75) is 19.8 Å². The molecule has 1 aliphatic rings. The summed E-state index contributed by atoms with van der Waals surface area (Å²) >= 11 is 0. The molecule has 1 aliphatic carbocycles. The van der Waals surface area contributed by atoms with Crippen LogP contribution < -0.4 is 5.73 Å². The zero-order chi connectivity index (χ0) is 9.90. The van der Waals surface area contributed by atoms with E-state index in [1.165, 1.54) is 7.11 Å². The summed E-state index contributed by atoms with van der Waals surface area (Å²) < 4.78 is 4.88. The molecule has 0 bridgehead atoms. The minimum Gasteiger partial charge on any atom is -0.465 e. The number of nitrogens with two attached hydrogens (primary N) is 1. The van der Waals surface area contributed by atoms with Crippen LogP contribution in [-0.4, -0.2) is 25.5 Å². The molecule has 5 heteroatoms. The van der Waals surface area contributed by atoms with Gasteiger partial charge >= 0.3 is 5.97 Å². The first-order valence-corrected chi connectivity index (χ1v) is 4.21. The molecular weight excluding hydrogens is 172 g/mol. The van der Waals surface area contributed by atoms with Gasteiger partial charge in [-0.3, -0.25) is 4.79 Å². The summed E-state index contributed by atoms with van der Waals surface area (Å²) in [4.78, 5) is 15.9. The zero-order valence-electron chi connectivity index (χ0n) is 7.87. The average molecular weight is 186 g/mol. The van der Waals surface area contributed by atoms with Crippen molar-refractivity contribution in [1.29, 1.82) is 0 Å². The average Bonchev–Trinajstić information content (AvgIpc) is 2.85. The van der Waals surface area contributed by atoms with Crippen molar-refractivity contribution in [2.75, 3.05) is 13.7 Å². The van der Waals surface area contributed by atoms with Crippen molar-refractivity contribution in [2.24, 2.45) is 16.3 Å². The lowest BCUT2D eigenvalue weighted by Crippen LogP contribution is -2.34. The number of carbonyl (C=O) groups excluding carboxylic acids is 1. The van der Waals surface area contributed by atoms with Crippen LogP contribution in [0.15, 0.2) is 5.16 Å². The predicted molar refractivity (Wildman–Crippen MR) is 46.9 cm³/mol. The summed E-state index contributed by atoms with van der Waals surface area (Å²) in [5, 5.41) is 3.56. The number of amidine groups is 1. The van der Waals surface area contributed by atoms with Crippen LogP contribution in [0.4, 0.5) is 0 Å². The molecule has 5 nitrogen and oxygen atoms in total. The van der Waals surface area contributed by atoms with Gasteiger partial charge in [0.05, 0.1) is 6.61 Å². The highest BCUT2D eigenvalue weighted by molar-refractivity contribution is 6.07. The van der Waals surface area contributed by atoms with E-state index in [-0.39, 0.29) is 11.8 Å². The Bertz CT molecular complexity index is 234. The zero-order valence-corrected chi connectivity index (χ0v) is 7.87. The van der Waals surface area contributed by atoms with E-state index in [1.807, 2.05) is 0 Å². The van der Waals surface area contributed by atoms with Crippen LogP contribution in [0.25, 0.3) is 0 Å². The van der Waals surface area contributed by atoms with E-state index in [0.29, 0.717) is 19.4 Å². The third-order valence-electron chi connectivity index (χ3n) is 2.10. The van der Waals surface area contributed by atoms with Crippen LogP contribution in [0.5, 0.6) is 0 Å². The van der Waals surface area contributed by atoms with E-state index in [0.717, 1.165) is 0 Å². The number of esters is 1. The maximum Gasteiger partial charge on any atom is 0.319 e. The molecule has 1 rings (SSSR count). The van der Waals surface area contributed by atoms with E-state index in [4.69, 9.17) is 10.5 Å². The second-order valence-electron chi connectivity index (χ2n) is 2.96. The summed E-state index contributed by atoms with van der Waals surface area (Å²) in [6, 6.07) is 0. The summed E-state index contributed by atoms with van der Waals surface area (Å²) in [5.41, 5.74) is 4.89. The van der Waals surface area contributed by atoms with E-state index in [1.54, 1.807) is 6.92 Å². The minimum atomic E-state index is -0.688. The lowest BCUT2D eigenvalue weighted by molar-refractivity contribution is -0.146. The van der Waals surface area contributed by atoms with Crippen molar-refractivity contribution in [1.82, 2.24) is 0 Å². The SMILES string of the molecule is CCOC(=O)C1(/C(N)=N/OC)CC1. The second kappa shape index (κ2) is 3.64. The normalized spacial score (nSPS) is 19.4. The number of nitrogens with zero attached hydrogens (tertiary/aromatic N) is 1. The topological polar surface area (TPSA) is 73.9 Å². The number of rotatable bonds is 4. The third kappa shape index (κ3) is 1.74. The molecule has 0 amide bonds. The van der Waals surface area contributed by atoms with Gasteiger partial charge in [0.1, 0.15) is 12.5 Å². The van der Waals surface area contributed by atoms with Crippen molar-refractivity contribution in [3.8, 4) is 0 Å². The summed E-state index contributed by atoms with van der Waals surface area (Å²) in [5.74, 6) is -0.0817. The fraction of sp³-hybridized carbons (Fsp3) is 0.750. The molecule has 0 spiro atoms. The maximum absolute atomic E-state index is 11.4. The highest BCUT2D eigenvalue weighted by Gasteiger charge is 2.55. The number of oxime groups is 1. The van der Waals surface area contributed by atoms with Crippen molar-refractivity contribution in [3.05, 3.63) is 0 Å². The lowest BCUT2D eigenvalue weighted by atomic mass is 10.1. The second-order valence-corrected chi connectivity index (χ2v) is 2.96. The van der Waals surface area contributed by atoms with Crippen LogP contribution in [0.3, 0.4) is 0 Å². The number of ether oxygens (including phenoxy) is 1. The molecule has 0 radical (unpaired) electrons. The maximum atomic E-state index is 11.4. The monoisotopic (exact) mass is 186 g/mol. The molecule has 13 heavy (non-hydrogen) atoms. The van der Waals surface area contributed by atoms with Crippen molar-refractivity contribution in [3.63, 3.8) is 0 Å². The molecule has 0 aromatic rings. The third-order valence-corrected chi connectivity index (χ3v) is 2.10.